The second kappa shape index (κ2) is 10.6. The molecule has 2 amide bonds. The Kier molecular flexibility index (Phi) is 7.20. The Labute approximate surface area is 258 Å². The number of carbonyl (C=O) groups excluding carboxylic acids is 2. The summed E-state index contributed by atoms with van der Waals surface area (Å²) in [6.07, 6.45) is -1.69. The summed E-state index contributed by atoms with van der Waals surface area (Å²) in [5.74, 6) is -2.43. The lowest BCUT2D eigenvalue weighted by Crippen LogP contribution is -2.51. The van der Waals surface area contributed by atoms with Gasteiger partial charge in [-0.1, -0.05) is 11.6 Å². The van der Waals surface area contributed by atoms with E-state index in [0.29, 0.717) is 16.7 Å². The summed E-state index contributed by atoms with van der Waals surface area (Å²) in [6.45, 7) is -0.322. The topological polar surface area (TPSA) is 142 Å². The molecule has 2 aromatic heterocycles. The maximum absolute atomic E-state index is 14.7. The molecule has 1 unspecified atom stereocenters. The number of ether oxygens (including phenoxy) is 2. The predicted octanol–water partition coefficient (Wildman–Crippen LogP) is 4.55. The van der Waals surface area contributed by atoms with Crippen LogP contribution in [-0.2, 0) is 15.8 Å². The first-order chi connectivity index (χ1) is 21.2. The number of fused-ring (bicyclic) bond motifs is 2. The molecule has 2 aliphatic rings. The van der Waals surface area contributed by atoms with E-state index in [1.807, 2.05) is 0 Å². The monoisotopic (exact) mass is 647 g/mol. The van der Waals surface area contributed by atoms with Crippen molar-refractivity contribution in [3.63, 3.8) is 0 Å². The molecule has 1 saturated carbocycles. The largest absolute Gasteiger partial charge is 0.496 e. The number of primary amides is 1. The first kappa shape index (κ1) is 30.6. The van der Waals surface area contributed by atoms with Gasteiger partial charge < -0.3 is 25.6 Å². The van der Waals surface area contributed by atoms with Crippen LogP contribution in [0.5, 0.6) is 11.5 Å². The van der Waals surface area contributed by atoms with Crippen molar-refractivity contribution in [1.82, 2.24) is 20.1 Å². The Morgan fingerprint density at radius 1 is 1.24 bits per heavy atom. The van der Waals surface area contributed by atoms with Gasteiger partial charge in [0.2, 0.25) is 11.5 Å². The van der Waals surface area contributed by atoms with Gasteiger partial charge in [0.15, 0.2) is 0 Å². The number of carbonyl (C=O) groups is 2. The highest BCUT2D eigenvalue weighted by Gasteiger charge is 2.57. The molecule has 10 nitrogen and oxygen atoms in total. The molecule has 236 valence electrons. The number of alkyl halides is 3. The lowest BCUT2D eigenvalue weighted by Gasteiger charge is -2.31. The van der Waals surface area contributed by atoms with Crippen LogP contribution in [0.1, 0.15) is 47.4 Å². The van der Waals surface area contributed by atoms with Crippen molar-refractivity contribution >= 4 is 34.3 Å². The number of amides is 2. The molecule has 6 rings (SSSR count). The van der Waals surface area contributed by atoms with Gasteiger partial charge in [-0.05, 0) is 56.2 Å². The second-order valence-corrected chi connectivity index (χ2v) is 11.7. The van der Waals surface area contributed by atoms with Crippen molar-refractivity contribution in [3.8, 4) is 22.8 Å². The van der Waals surface area contributed by atoms with Crippen LogP contribution in [-0.4, -0.2) is 58.1 Å². The van der Waals surface area contributed by atoms with E-state index < -0.39 is 47.1 Å². The highest BCUT2D eigenvalue weighted by Crippen LogP contribution is 2.48. The number of benzene rings is 2. The van der Waals surface area contributed by atoms with E-state index in [9.17, 15) is 32.3 Å². The van der Waals surface area contributed by atoms with Crippen molar-refractivity contribution in [3.05, 3.63) is 70.3 Å². The summed E-state index contributed by atoms with van der Waals surface area (Å²) in [6, 6.07) is 7.20. The zero-order valence-electron chi connectivity index (χ0n) is 23.8. The smallest absolute Gasteiger partial charge is 0.424 e. The number of aromatic nitrogens is 3. The zero-order valence-corrected chi connectivity index (χ0v) is 24.6. The number of nitrogens with one attached hydrogen (secondary N) is 1. The van der Waals surface area contributed by atoms with Crippen LogP contribution in [0.4, 0.5) is 17.6 Å². The van der Waals surface area contributed by atoms with Crippen LogP contribution in [0.2, 0.25) is 5.02 Å². The lowest BCUT2D eigenvalue weighted by molar-refractivity contribution is -0.265. The van der Waals surface area contributed by atoms with Crippen LogP contribution in [0.25, 0.3) is 22.2 Å². The van der Waals surface area contributed by atoms with E-state index in [1.54, 1.807) is 10.9 Å². The van der Waals surface area contributed by atoms with Gasteiger partial charge in [-0.2, -0.15) is 18.3 Å². The quantitative estimate of drug-likeness (QED) is 0.238. The Balaban J connectivity index is 1.41. The van der Waals surface area contributed by atoms with Crippen molar-refractivity contribution < 1.29 is 41.7 Å². The summed E-state index contributed by atoms with van der Waals surface area (Å²) >= 11 is 5.93. The van der Waals surface area contributed by atoms with Gasteiger partial charge in [0.25, 0.3) is 5.91 Å². The number of hydrogen-bond donors (Lipinski definition) is 3. The minimum atomic E-state index is -5.38. The fourth-order valence-corrected chi connectivity index (χ4v) is 5.40. The molecule has 1 fully saturated rings. The second-order valence-electron chi connectivity index (χ2n) is 11.3. The average molecular weight is 648 g/mol. The molecule has 4 N–H and O–H groups in total. The summed E-state index contributed by atoms with van der Waals surface area (Å²) in [4.78, 5) is 29.7. The molecule has 45 heavy (non-hydrogen) atoms. The van der Waals surface area contributed by atoms with Crippen molar-refractivity contribution in [2.75, 3.05) is 20.3 Å². The average Bonchev–Trinajstić information content (AvgIpc) is 3.66. The fraction of sp³-hybridized carbons (Fsp3) is 0.333. The number of hydrogen-bond acceptors (Lipinski definition) is 7. The number of nitrogens with zero attached hydrogens (tertiary/aromatic N) is 3. The SMILES string of the molecule is COc1cc(C(=O)NCC(O)(c2cc3c(c(-c4ccc(F)c(Cl)c4)n2)OC[C@]3(C)C(N)=O)C(F)(F)F)cc2nn(C3CC3)cc12. The number of rotatable bonds is 8. The van der Waals surface area contributed by atoms with Gasteiger partial charge in [0.1, 0.15) is 35.0 Å². The van der Waals surface area contributed by atoms with Crippen molar-refractivity contribution in [2.45, 2.75) is 43.0 Å². The van der Waals surface area contributed by atoms with E-state index in [4.69, 9.17) is 26.8 Å². The van der Waals surface area contributed by atoms with E-state index >= 15 is 0 Å². The normalized spacial score (nSPS) is 19.1. The van der Waals surface area contributed by atoms with E-state index in [-0.39, 0.29) is 45.8 Å². The Morgan fingerprint density at radius 3 is 2.60 bits per heavy atom. The van der Waals surface area contributed by atoms with Crippen LogP contribution in [0.3, 0.4) is 0 Å². The number of methoxy groups -OCH3 is 1. The van der Waals surface area contributed by atoms with E-state index in [1.165, 1.54) is 32.2 Å². The first-order valence-corrected chi connectivity index (χ1v) is 14.1. The van der Waals surface area contributed by atoms with E-state index in [0.717, 1.165) is 31.0 Å². The molecular formula is C30H26ClF4N5O5. The van der Waals surface area contributed by atoms with Gasteiger partial charge in [-0.3, -0.25) is 14.3 Å². The van der Waals surface area contributed by atoms with Crippen molar-refractivity contribution in [1.29, 1.82) is 0 Å². The highest BCUT2D eigenvalue weighted by molar-refractivity contribution is 6.31. The van der Waals surface area contributed by atoms with Crippen LogP contribution < -0.4 is 20.5 Å². The maximum atomic E-state index is 14.7. The Hall–Kier alpha value is -4.43. The summed E-state index contributed by atoms with van der Waals surface area (Å²) in [5, 5.41) is 18.2. The van der Waals surface area contributed by atoms with Crippen molar-refractivity contribution in [2.24, 2.45) is 5.73 Å². The molecule has 15 heteroatoms. The molecule has 2 atom stereocenters. The Morgan fingerprint density at radius 2 is 1.98 bits per heavy atom. The molecule has 1 aliphatic carbocycles. The number of aliphatic hydroxyl groups is 1. The Bertz CT molecular complexity index is 1880. The molecule has 0 bridgehead atoms. The number of nitrogens with two attached hydrogens (primary N) is 1. The minimum Gasteiger partial charge on any atom is -0.496 e. The molecule has 4 aromatic rings. The first-order valence-electron chi connectivity index (χ1n) is 13.7. The maximum Gasteiger partial charge on any atom is 0.424 e. The van der Waals surface area contributed by atoms with E-state index in [2.05, 4.69) is 15.4 Å². The van der Waals surface area contributed by atoms with Gasteiger partial charge in [0.05, 0.1) is 41.3 Å². The summed E-state index contributed by atoms with van der Waals surface area (Å²) in [7, 11) is 1.39. The molecule has 2 aromatic carbocycles. The van der Waals surface area contributed by atoms with Crippen LogP contribution in [0, 0.1) is 5.82 Å². The third-order valence-corrected chi connectivity index (χ3v) is 8.50. The molecule has 1 aliphatic heterocycles. The standard InChI is InChI=1S/C30H26ClF4N5O5/c1-28(27(36)42)13-45-25-18(28)10-23(38-24(25)14-3-6-20(32)19(31)7-14)29(43,30(33,34)35)12-37-26(41)15-8-21-17(22(9-15)44-2)11-40(39-21)16-4-5-16/h3,6-11,16,43H,4-5,12-13H2,1-2H3,(H2,36,42)(H,37,41)/t28-,29?/m0/s1. The molecule has 0 saturated heterocycles. The third kappa shape index (κ3) is 5.11. The minimum absolute atomic E-state index is 0.0489. The van der Waals surface area contributed by atoms with Crippen LogP contribution >= 0.6 is 11.6 Å². The highest BCUT2D eigenvalue weighted by atomic mass is 35.5. The number of pyridine rings is 1. The van der Waals surface area contributed by atoms with Crippen LogP contribution in [0.15, 0.2) is 42.6 Å². The number of halogens is 5. The molecule has 3 heterocycles. The molecule has 0 spiro atoms. The summed E-state index contributed by atoms with van der Waals surface area (Å²) < 4.78 is 71.0. The molecular weight excluding hydrogens is 622 g/mol. The fourth-order valence-electron chi connectivity index (χ4n) is 5.22. The zero-order chi connectivity index (χ0) is 32.5. The summed E-state index contributed by atoms with van der Waals surface area (Å²) in [5.41, 5.74) is -0.640. The lowest BCUT2D eigenvalue weighted by atomic mass is 9.81. The van der Waals surface area contributed by atoms with Gasteiger partial charge in [0, 0.05) is 22.9 Å². The molecule has 0 radical (unpaired) electrons. The van der Waals surface area contributed by atoms with Gasteiger partial charge in [-0.15, -0.1) is 0 Å². The van der Waals surface area contributed by atoms with Gasteiger partial charge >= 0.3 is 6.18 Å². The van der Waals surface area contributed by atoms with Gasteiger partial charge in [-0.25, -0.2) is 9.37 Å². The third-order valence-electron chi connectivity index (χ3n) is 8.21. The predicted molar refractivity (Wildman–Crippen MR) is 154 cm³/mol.